The van der Waals surface area contributed by atoms with Crippen LogP contribution < -0.4 is 15.4 Å². The zero-order chi connectivity index (χ0) is 17.5. The first-order chi connectivity index (χ1) is 12.2. The Hall–Kier alpha value is -1.79. The number of carbonyl (C=O) groups is 1. The van der Waals surface area contributed by atoms with Crippen LogP contribution in [0.2, 0.25) is 0 Å². The molecule has 2 amide bonds. The van der Waals surface area contributed by atoms with Gasteiger partial charge in [-0.15, -0.1) is 0 Å². The van der Waals surface area contributed by atoms with Crippen molar-refractivity contribution in [2.24, 2.45) is 0 Å². The molecule has 1 saturated carbocycles. The van der Waals surface area contributed by atoms with Crippen LogP contribution in [0, 0.1) is 0 Å². The zero-order valence-electron chi connectivity index (χ0n) is 14.9. The van der Waals surface area contributed by atoms with Crippen LogP contribution in [0.3, 0.4) is 0 Å². The van der Waals surface area contributed by atoms with E-state index in [0.717, 1.165) is 19.3 Å². The first-order valence-corrected chi connectivity index (χ1v) is 9.22. The van der Waals surface area contributed by atoms with E-state index in [9.17, 15) is 4.79 Å². The molecule has 1 aliphatic carbocycles. The summed E-state index contributed by atoms with van der Waals surface area (Å²) in [6.07, 6.45) is 5.59. The molecule has 1 unspecified atom stereocenters. The third-order valence-corrected chi connectivity index (χ3v) is 4.88. The largest absolute Gasteiger partial charge is 0.489 e. The smallest absolute Gasteiger partial charge is 0.319 e. The molecule has 1 spiro atoms. The summed E-state index contributed by atoms with van der Waals surface area (Å²) in [6.45, 7) is 4.18. The molecule has 6 heteroatoms. The van der Waals surface area contributed by atoms with Crippen molar-refractivity contribution in [3.05, 3.63) is 24.3 Å². The van der Waals surface area contributed by atoms with Crippen molar-refractivity contribution in [2.45, 2.75) is 50.7 Å². The summed E-state index contributed by atoms with van der Waals surface area (Å²) in [7, 11) is 0. The molecule has 6 nitrogen and oxygen atoms in total. The van der Waals surface area contributed by atoms with Gasteiger partial charge in [-0.25, -0.2) is 4.79 Å². The molecule has 3 rings (SSSR count). The average Bonchev–Trinajstić information content (AvgIpc) is 3.23. The van der Waals surface area contributed by atoms with Crippen molar-refractivity contribution < 1.29 is 19.0 Å². The highest BCUT2D eigenvalue weighted by Crippen LogP contribution is 2.40. The van der Waals surface area contributed by atoms with Gasteiger partial charge in [0.25, 0.3) is 0 Å². The lowest BCUT2D eigenvalue weighted by Crippen LogP contribution is -2.39. The van der Waals surface area contributed by atoms with Gasteiger partial charge in [-0.05, 0) is 38.3 Å². The molecule has 0 radical (unpaired) electrons. The molecular weight excluding hydrogens is 320 g/mol. The topological polar surface area (TPSA) is 68.8 Å². The summed E-state index contributed by atoms with van der Waals surface area (Å²) >= 11 is 0. The second-order valence-electron chi connectivity index (χ2n) is 6.74. The molecule has 138 valence electrons. The van der Waals surface area contributed by atoms with Gasteiger partial charge < -0.3 is 24.8 Å². The standard InChI is InChI=1S/C19H28N2O4/c1-2-23-11-12-24-17-8-4-3-7-16(17)21-18(22)20-15-13-19(25-14-15)9-5-6-10-19/h3-4,7-8,15H,2,5-6,9-14H2,1H3,(H2,20,21,22). The van der Waals surface area contributed by atoms with Crippen LogP contribution >= 0.6 is 0 Å². The minimum absolute atomic E-state index is 0.0121. The van der Waals surface area contributed by atoms with Gasteiger partial charge in [-0.3, -0.25) is 0 Å². The van der Waals surface area contributed by atoms with Crippen molar-refractivity contribution in [1.82, 2.24) is 5.32 Å². The first kappa shape index (κ1) is 18.0. The highest BCUT2D eigenvalue weighted by atomic mass is 16.5. The molecule has 1 atom stereocenters. The van der Waals surface area contributed by atoms with Crippen LogP contribution in [-0.2, 0) is 9.47 Å². The van der Waals surface area contributed by atoms with Gasteiger partial charge in [0.1, 0.15) is 12.4 Å². The quantitative estimate of drug-likeness (QED) is 0.742. The van der Waals surface area contributed by atoms with E-state index < -0.39 is 0 Å². The predicted octanol–water partition coefficient (Wildman–Crippen LogP) is 3.33. The van der Waals surface area contributed by atoms with Gasteiger partial charge in [-0.1, -0.05) is 25.0 Å². The Balaban J connectivity index is 1.49. The van der Waals surface area contributed by atoms with E-state index in [-0.39, 0.29) is 17.7 Å². The second kappa shape index (κ2) is 8.54. The van der Waals surface area contributed by atoms with E-state index >= 15 is 0 Å². The fraction of sp³-hybridized carbons (Fsp3) is 0.632. The van der Waals surface area contributed by atoms with Gasteiger partial charge in [0.05, 0.1) is 30.5 Å². The molecule has 2 aliphatic rings. The molecule has 1 aliphatic heterocycles. The Bertz CT molecular complexity index is 572. The molecule has 2 fully saturated rings. The number of ether oxygens (including phenoxy) is 3. The lowest BCUT2D eigenvalue weighted by atomic mass is 9.96. The average molecular weight is 348 g/mol. The van der Waals surface area contributed by atoms with E-state index in [0.29, 0.717) is 37.9 Å². The number of carbonyl (C=O) groups excluding carboxylic acids is 1. The summed E-state index contributed by atoms with van der Waals surface area (Å²) in [4.78, 5) is 12.3. The van der Waals surface area contributed by atoms with Gasteiger partial charge in [0.15, 0.2) is 0 Å². The number of para-hydroxylation sites is 2. The Morgan fingerprint density at radius 1 is 1.28 bits per heavy atom. The van der Waals surface area contributed by atoms with E-state index in [1.54, 1.807) is 0 Å². The predicted molar refractivity (Wildman–Crippen MR) is 96.1 cm³/mol. The number of hydrogen-bond donors (Lipinski definition) is 2. The highest BCUT2D eigenvalue weighted by Gasteiger charge is 2.42. The molecule has 0 aromatic heterocycles. The summed E-state index contributed by atoms with van der Waals surface area (Å²) < 4.78 is 16.9. The van der Waals surface area contributed by atoms with Crippen molar-refractivity contribution in [1.29, 1.82) is 0 Å². The maximum atomic E-state index is 12.3. The highest BCUT2D eigenvalue weighted by molar-refractivity contribution is 5.91. The van der Waals surface area contributed by atoms with Gasteiger partial charge in [0, 0.05) is 6.61 Å². The third-order valence-electron chi connectivity index (χ3n) is 4.88. The summed E-state index contributed by atoms with van der Waals surface area (Å²) in [5.74, 6) is 0.646. The number of urea groups is 1. The van der Waals surface area contributed by atoms with Crippen molar-refractivity contribution >= 4 is 11.7 Å². The van der Waals surface area contributed by atoms with E-state index in [4.69, 9.17) is 14.2 Å². The minimum Gasteiger partial charge on any atom is -0.489 e. The number of rotatable bonds is 7. The normalized spacial score (nSPS) is 21.4. The SMILES string of the molecule is CCOCCOc1ccccc1NC(=O)NC1COC2(CCCC2)C1. The Morgan fingerprint density at radius 2 is 2.08 bits per heavy atom. The molecule has 1 aromatic rings. The van der Waals surface area contributed by atoms with Crippen LogP contribution in [0.4, 0.5) is 10.5 Å². The lowest BCUT2D eigenvalue weighted by molar-refractivity contribution is 0.00998. The lowest BCUT2D eigenvalue weighted by Gasteiger charge is -2.21. The van der Waals surface area contributed by atoms with Crippen LogP contribution in [0.25, 0.3) is 0 Å². The Labute approximate surface area is 149 Å². The third kappa shape index (κ3) is 4.86. The number of amides is 2. The summed E-state index contributed by atoms with van der Waals surface area (Å²) in [6, 6.07) is 7.28. The van der Waals surface area contributed by atoms with Crippen molar-refractivity contribution in [3.63, 3.8) is 0 Å². The van der Waals surface area contributed by atoms with Gasteiger partial charge in [0.2, 0.25) is 0 Å². The van der Waals surface area contributed by atoms with Crippen LogP contribution in [0.15, 0.2) is 24.3 Å². The monoisotopic (exact) mass is 348 g/mol. The molecule has 25 heavy (non-hydrogen) atoms. The van der Waals surface area contributed by atoms with E-state index in [2.05, 4.69) is 10.6 Å². The summed E-state index contributed by atoms with van der Waals surface area (Å²) in [5.41, 5.74) is 0.670. The zero-order valence-corrected chi connectivity index (χ0v) is 14.9. The van der Waals surface area contributed by atoms with Crippen LogP contribution in [0.5, 0.6) is 5.75 Å². The Kier molecular flexibility index (Phi) is 6.15. The number of hydrogen-bond acceptors (Lipinski definition) is 4. The summed E-state index contributed by atoms with van der Waals surface area (Å²) in [5, 5.41) is 5.91. The number of nitrogens with one attached hydrogen (secondary N) is 2. The maximum Gasteiger partial charge on any atom is 0.319 e. The first-order valence-electron chi connectivity index (χ1n) is 9.22. The number of anilines is 1. The maximum absolute atomic E-state index is 12.3. The molecule has 0 bridgehead atoms. The second-order valence-corrected chi connectivity index (χ2v) is 6.74. The van der Waals surface area contributed by atoms with E-state index in [1.807, 2.05) is 31.2 Å². The van der Waals surface area contributed by atoms with Crippen LogP contribution in [-0.4, -0.2) is 44.1 Å². The van der Waals surface area contributed by atoms with Gasteiger partial charge in [-0.2, -0.15) is 0 Å². The minimum atomic E-state index is -0.218. The Morgan fingerprint density at radius 3 is 2.88 bits per heavy atom. The molecule has 1 aromatic carbocycles. The van der Waals surface area contributed by atoms with E-state index in [1.165, 1.54) is 12.8 Å². The van der Waals surface area contributed by atoms with Crippen molar-refractivity contribution in [2.75, 3.05) is 31.7 Å². The fourth-order valence-corrected chi connectivity index (χ4v) is 3.70. The number of benzene rings is 1. The fourth-order valence-electron chi connectivity index (χ4n) is 3.70. The molecule has 1 saturated heterocycles. The molecular formula is C19H28N2O4. The van der Waals surface area contributed by atoms with Gasteiger partial charge >= 0.3 is 6.03 Å². The van der Waals surface area contributed by atoms with Crippen molar-refractivity contribution in [3.8, 4) is 5.75 Å². The van der Waals surface area contributed by atoms with Crippen LogP contribution in [0.1, 0.15) is 39.0 Å². The molecule has 2 N–H and O–H groups in total. The molecule has 1 heterocycles.